The highest BCUT2D eigenvalue weighted by Gasteiger charge is 2.26. The summed E-state index contributed by atoms with van der Waals surface area (Å²) in [6.07, 6.45) is 7.46. The Hall–Kier alpha value is -2.41. The molecule has 0 spiro atoms. The highest BCUT2D eigenvalue weighted by Crippen LogP contribution is 2.27. The number of nitrogens with zero attached hydrogens (tertiary/aromatic N) is 4. The lowest BCUT2D eigenvalue weighted by Gasteiger charge is -2.32. The molecule has 2 N–H and O–H groups in total. The molecule has 0 amide bonds. The number of fused-ring (bicyclic) bond motifs is 1. The minimum Gasteiger partial charge on any atom is -0.345 e. The third kappa shape index (κ3) is 3.31. The van der Waals surface area contributed by atoms with E-state index in [1.807, 2.05) is 7.05 Å². The van der Waals surface area contributed by atoms with Crippen LogP contribution in [0, 0.1) is 5.92 Å². The van der Waals surface area contributed by atoms with Gasteiger partial charge in [0.1, 0.15) is 5.82 Å². The summed E-state index contributed by atoms with van der Waals surface area (Å²) < 4.78 is 3.11. The molecule has 0 radical (unpaired) electrons. The van der Waals surface area contributed by atoms with Gasteiger partial charge in [-0.1, -0.05) is 18.9 Å². The van der Waals surface area contributed by atoms with Crippen LogP contribution < -0.4 is 11.0 Å². The van der Waals surface area contributed by atoms with E-state index in [-0.39, 0.29) is 5.69 Å². The molecule has 1 saturated carbocycles. The molecule has 0 saturated heterocycles. The smallest absolute Gasteiger partial charge is 0.345 e. The first-order valence-electron chi connectivity index (χ1n) is 9.36. The molecule has 1 aliphatic carbocycles. The zero-order valence-electron chi connectivity index (χ0n) is 15.4. The minimum absolute atomic E-state index is 0.0480. The van der Waals surface area contributed by atoms with Crippen molar-refractivity contribution < 1.29 is 0 Å². The number of imidazole rings is 1. The molecule has 26 heavy (non-hydrogen) atoms. The monoisotopic (exact) mass is 354 g/mol. The van der Waals surface area contributed by atoms with Crippen molar-refractivity contribution in [1.29, 1.82) is 0 Å². The number of aromatic amines is 1. The van der Waals surface area contributed by atoms with Crippen LogP contribution in [-0.2, 0) is 27.1 Å². The van der Waals surface area contributed by atoms with Gasteiger partial charge in [0, 0.05) is 33.1 Å². The predicted octanol–water partition coefficient (Wildman–Crippen LogP) is 1.89. The maximum Gasteiger partial charge on any atom is 0.345 e. The van der Waals surface area contributed by atoms with Crippen molar-refractivity contribution in [3.8, 4) is 0 Å². The SMILES string of the molecule is Cn1nc(C[C@H]2CCCC[C@H]2NCc2ccc3nc[nH]c3c2)n(C)c1=O. The Morgan fingerprint density at radius 3 is 2.92 bits per heavy atom. The van der Waals surface area contributed by atoms with Crippen molar-refractivity contribution in [2.45, 2.75) is 44.7 Å². The molecule has 0 aliphatic heterocycles. The quantitative estimate of drug-likeness (QED) is 0.733. The topological polar surface area (TPSA) is 80.5 Å². The molecule has 2 heterocycles. The number of hydrogen-bond donors (Lipinski definition) is 2. The number of aryl methyl sites for hydroxylation is 1. The van der Waals surface area contributed by atoms with Gasteiger partial charge in [-0.15, -0.1) is 0 Å². The van der Waals surface area contributed by atoms with E-state index in [1.165, 1.54) is 35.9 Å². The van der Waals surface area contributed by atoms with Crippen LogP contribution in [0.3, 0.4) is 0 Å². The summed E-state index contributed by atoms with van der Waals surface area (Å²) in [5, 5.41) is 8.16. The average Bonchev–Trinajstić information content (AvgIpc) is 3.21. The Balaban J connectivity index is 1.44. The van der Waals surface area contributed by atoms with E-state index in [2.05, 4.69) is 38.6 Å². The van der Waals surface area contributed by atoms with E-state index in [9.17, 15) is 4.79 Å². The van der Waals surface area contributed by atoms with E-state index >= 15 is 0 Å². The van der Waals surface area contributed by atoms with Crippen LogP contribution in [0.5, 0.6) is 0 Å². The number of aromatic nitrogens is 5. The summed E-state index contributed by atoms with van der Waals surface area (Å²) in [6.45, 7) is 0.845. The predicted molar refractivity (Wildman–Crippen MR) is 101 cm³/mol. The van der Waals surface area contributed by atoms with Crippen LogP contribution in [0.15, 0.2) is 29.3 Å². The number of hydrogen-bond acceptors (Lipinski definition) is 4. The van der Waals surface area contributed by atoms with E-state index in [1.54, 1.807) is 17.9 Å². The second-order valence-corrected chi connectivity index (χ2v) is 7.37. The van der Waals surface area contributed by atoms with Gasteiger partial charge in [0.2, 0.25) is 0 Å². The summed E-state index contributed by atoms with van der Waals surface area (Å²) in [5.41, 5.74) is 3.29. The number of H-pyrrole nitrogens is 1. The first kappa shape index (κ1) is 17.0. The maximum atomic E-state index is 11.9. The van der Waals surface area contributed by atoms with Crippen molar-refractivity contribution in [3.05, 3.63) is 46.4 Å². The normalized spacial score (nSPS) is 20.7. The highest BCUT2D eigenvalue weighted by atomic mass is 16.2. The molecule has 4 rings (SSSR count). The Labute approximate surface area is 152 Å². The molecule has 1 aliphatic rings. The molecule has 3 aromatic rings. The third-order valence-electron chi connectivity index (χ3n) is 5.62. The van der Waals surface area contributed by atoms with Crippen molar-refractivity contribution in [2.75, 3.05) is 0 Å². The molecule has 1 fully saturated rings. The lowest BCUT2D eigenvalue weighted by atomic mass is 9.82. The van der Waals surface area contributed by atoms with Crippen LogP contribution in [0.25, 0.3) is 11.0 Å². The van der Waals surface area contributed by atoms with Gasteiger partial charge in [0.05, 0.1) is 17.4 Å². The van der Waals surface area contributed by atoms with Gasteiger partial charge in [-0.2, -0.15) is 5.10 Å². The Bertz CT molecular complexity index is 952. The van der Waals surface area contributed by atoms with E-state index in [0.717, 1.165) is 29.8 Å². The van der Waals surface area contributed by atoms with Crippen LogP contribution in [-0.4, -0.2) is 30.4 Å². The molecule has 7 nitrogen and oxygen atoms in total. The molecule has 2 aromatic heterocycles. The maximum absolute atomic E-state index is 11.9. The van der Waals surface area contributed by atoms with Crippen LogP contribution in [0.4, 0.5) is 0 Å². The van der Waals surface area contributed by atoms with Crippen molar-refractivity contribution in [2.24, 2.45) is 20.0 Å². The summed E-state index contributed by atoms with van der Waals surface area (Å²) in [4.78, 5) is 19.4. The number of nitrogens with one attached hydrogen (secondary N) is 2. The lowest BCUT2D eigenvalue weighted by Crippen LogP contribution is -2.39. The van der Waals surface area contributed by atoms with Crippen molar-refractivity contribution in [1.82, 2.24) is 29.6 Å². The van der Waals surface area contributed by atoms with Gasteiger partial charge < -0.3 is 10.3 Å². The zero-order chi connectivity index (χ0) is 18.1. The average molecular weight is 354 g/mol. The van der Waals surface area contributed by atoms with E-state index < -0.39 is 0 Å². The first-order valence-corrected chi connectivity index (χ1v) is 9.36. The molecule has 2 atom stereocenters. The number of rotatable bonds is 5. The molecular weight excluding hydrogens is 328 g/mol. The van der Waals surface area contributed by atoms with Gasteiger partial charge in [-0.05, 0) is 36.5 Å². The molecule has 0 unspecified atom stereocenters. The highest BCUT2D eigenvalue weighted by molar-refractivity contribution is 5.74. The van der Waals surface area contributed by atoms with Crippen molar-refractivity contribution >= 4 is 11.0 Å². The van der Waals surface area contributed by atoms with Gasteiger partial charge >= 0.3 is 5.69 Å². The molecule has 0 bridgehead atoms. The third-order valence-corrected chi connectivity index (χ3v) is 5.62. The fourth-order valence-electron chi connectivity index (χ4n) is 4.09. The molecular formula is C19H26N6O. The summed E-state index contributed by atoms with van der Waals surface area (Å²) in [6, 6.07) is 6.81. The van der Waals surface area contributed by atoms with Crippen molar-refractivity contribution in [3.63, 3.8) is 0 Å². The Morgan fingerprint density at radius 1 is 1.27 bits per heavy atom. The summed E-state index contributed by atoms with van der Waals surface area (Å²) >= 11 is 0. The van der Waals surface area contributed by atoms with Gasteiger partial charge in [-0.3, -0.25) is 4.57 Å². The Morgan fingerprint density at radius 2 is 2.12 bits per heavy atom. The fraction of sp³-hybridized carbons (Fsp3) is 0.526. The second kappa shape index (κ2) is 7.07. The molecule has 1 aromatic carbocycles. The van der Waals surface area contributed by atoms with Crippen LogP contribution in [0.2, 0.25) is 0 Å². The molecule has 138 valence electrons. The zero-order valence-corrected chi connectivity index (χ0v) is 15.4. The minimum atomic E-state index is -0.0480. The van der Waals surface area contributed by atoms with Crippen LogP contribution in [0.1, 0.15) is 37.1 Å². The van der Waals surface area contributed by atoms with E-state index in [0.29, 0.717) is 12.0 Å². The largest absolute Gasteiger partial charge is 0.345 e. The second-order valence-electron chi connectivity index (χ2n) is 7.37. The van der Waals surface area contributed by atoms with Crippen LogP contribution >= 0.6 is 0 Å². The standard InChI is InChI=1S/C19H26N6O/c1-24-18(23-25(2)19(24)26)10-14-5-3-4-6-15(14)20-11-13-7-8-16-17(9-13)22-12-21-16/h7-9,12,14-15,20H,3-6,10-11H2,1-2H3,(H,21,22)/t14-,15-/m1/s1. The molecule has 7 heteroatoms. The fourth-order valence-corrected chi connectivity index (χ4v) is 4.09. The van der Waals surface area contributed by atoms with Gasteiger partial charge in [0.25, 0.3) is 0 Å². The van der Waals surface area contributed by atoms with Gasteiger partial charge in [-0.25, -0.2) is 14.5 Å². The number of benzene rings is 1. The van der Waals surface area contributed by atoms with Gasteiger partial charge in [0.15, 0.2) is 0 Å². The summed E-state index contributed by atoms with van der Waals surface area (Å²) in [7, 11) is 3.53. The lowest BCUT2D eigenvalue weighted by molar-refractivity contribution is 0.254. The van der Waals surface area contributed by atoms with E-state index in [4.69, 9.17) is 0 Å². The first-order chi connectivity index (χ1) is 12.6. The summed E-state index contributed by atoms with van der Waals surface area (Å²) in [5.74, 6) is 1.40. The Kier molecular flexibility index (Phi) is 4.63.